The first-order valence-electron chi connectivity index (χ1n) is 12.4. The first-order chi connectivity index (χ1) is 18.5. The van der Waals surface area contributed by atoms with Gasteiger partial charge in [0.15, 0.2) is 0 Å². The molecule has 3 heterocycles. The number of benzene rings is 2. The van der Waals surface area contributed by atoms with E-state index in [0.717, 1.165) is 29.8 Å². The average molecular weight is 531 g/mol. The maximum Gasteiger partial charge on any atom is 0.244 e. The topological polar surface area (TPSA) is 130 Å². The summed E-state index contributed by atoms with van der Waals surface area (Å²) in [6.45, 7) is 2.07. The van der Waals surface area contributed by atoms with E-state index in [2.05, 4.69) is 43.1 Å². The van der Waals surface area contributed by atoms with Crippen LogP contribution in [0.15, 0.2) is 61.1 Å². The number of hydrogen-bond donors (Lipinski definition) is 3. The number of nitrogens with one attached hydrogen (secondary N) is 3. The van der Waals surface area contributed by atoms with Gasteiger partial charge in [-0.05, 0) is 53.1 Å². The minimum Gasteiger partial charge on any atom is -0.343 e. The summed E-state index contributed by atoms with van der Waals surface area (Å²) in [5, 5.41) is 17.9. The number of para-hydroxylation sites is 1. The average Bonchev–Trinajstić information content (AvgIpc) is 3.60. The van der Waals surface area contributed by atoms with E-state index in [1.54, 1.807) is 30.5 Å². The third-order valence-corrected chi connectivity index (χ3v) is 6.69. The lowest BCUT2D eigenvalue weighted by molar-refractivity contribution is -0.117. The van der Waals surface area contributed by atoms with E-state index >= 15 is 0 Å². The zero-order valence-corrected chi connectivity index (χ0v) is 21.5. The highest BCUT2D eigenvalue weighted by Crippen LogP contribution is 2.30. The molecule has 38 heavy (non-hydrogen) atoms. The zero-order valence-electron chi connectivity index (χ0n) is 20.8. The van der Waals surface area contributed by atoms with Crippen LogP contribution < -0.4 is 10.6 Å². The van der Waals surface area contributed by atoms with Crippen LogP contribution in [0, 0.1) is 5.92 Å². The van der Waals surface area contributed by atoms with E-state index in [4.69, 9.17) is 11.6 Å². The number of nitrogens with zero attached hydrogens (tertiary/aromatic N) is 5. The number of aromatic amines is 1. The van der Waals surface area contributed by atoms with Crippen molar-refractivity contribution in [3.63, 3.8) is 0 Å². The van der Waals surface area contributed by atoms with Crippen LogP contribution in [0.3, 0.4) is 0 Å². The van der Waals surface area contributed by atoms with Crippen molar-refractivity contribution < 1.29 is 9.59 Å². The van der Waals surface area contributed by atoms with Crippen molar-refractivity contribution in [2.45, 2.75) is 38.6 Å². The number of aromatic nitrogens is 6. The quantitative estimate of drug-likeness (QED) is 0.327. The lowest BCUT2D eigenvalue weighted by Crippen LogP contribution is -2.28. The number of H-pyrrole nitrogens is 1. The molecule has 0 radical (unpaired) electrons. The van der Waals surface area contributed by atoms with Gasteiger partial charge in [0.05, 0.1) is 29.3 Å². The molecule has 2 atom stereocenters. The second kappa shape index (κ2) is 11.4. The third-order valence-electron chi connectivity index (χ3n) is 6.46. The molecule has 10 nitrogen and oxygen atoms in total. The van der Waals surface area contributed by atoms with Gasteiger partial charge < -0.3 is 15.6 Å². The summed E-state index contributed by atoms with van der Waals surface area (Å²) in [5.41, 5.74) is 3.72. The molecule has 2 aromatic heterocycles. The van der Waals surface area contributed by atoms with Crippen molar-refractivity contribution in [3.8, 4) is 16.9 Å². The molecule has 2 aromatic carbocycles. The van der Waals surface area contributed by atoms with E-state index in [9.17, 15) is 9.59 Å². The molecule has 2 bridgehead atoms. The van der Waals surface area contributed by atoms with E-state index in [0.29, 0.717) is 34.9 Å². The molecule has 194 valence electrons. The second-order valence-corrected chi connectivity index (χ2v) is 9.80. The highest BCUT2D eigenvalue weighted by atomic mass is 35.5. The minimum atomic E-state index is -0.331. The molecule has 0 spiro atoms. The summed E-state index contributed by atoms with van der Waals surface area (Å²) < 4.78 is 1.51. The number of tetrazole rings is 1. The molecule has 0 saturated heterocycles. The Morgan fingerprint density at radius 3 is 2.92 bits per heavy atom. The maximum atomic E-state index is 13.0. The number of fused-ring (bicyclic) bond motifs is 4. The molecule has 0 fully saturated rings. The van der Waals surface area contributed by atoms with Crippen molar-refractivity contribution in [3.05, 3.63) is 77.5 Å². The molecule has 0 aliphatic carbocycles. The fourth-order valence-electron chi connectivity index (χ4n) is 4.57. The maximum absolute atomic E-state index is 13.0. The molecule has 0 saturated carbocycles. The fourth-order valence-corrected chi connectivity index (χ4v) is 4.75. The molecular formula is C27H27ClN8O2. The van der Waals surface area contributed by atoms with Gasteiger partial charge in [-0.3, -0.25) is 9.59 Å². The molecular weight excluding hydrogens is 504 g/mol. The number of carbonyl (C=O) groups is 2. The number of halogens is 1. The Morgan fingerprint density at radius 2 is 2.08 bits per heavy atom. The van der Waals surface area contributed by atoms with Crippen LogP contribution in [0.25, 0.3) is 23.0 Å². The van der Waals surface area contributed by atoms with Gasteiger partial charge in [-0.25, -0.2) is 4.98 Å². The number of rotatable bonds is 4. The Balaban J connectivity index is 1.39. The molecule has 0 unspecified atom stereocenters. The first kappa shape index (κ1) is 25.3. The van der Waals surface area contributed by atoms with Crippen molar-refractivity contribution in [2.24, 2.45) is 5.92 Å². The van der Waals surface area contributed by atoms with E-state index in [1.807, 2.05) is 24.3 Å². The lowest BCUT2D eigenvalue weighted by Gasteiger charge is -2.17. The van der Waals surface area contributed by atoms with Crippen LogP contribution in [0.2, 0.25) is 5.02 Å². The number of hydrogen-bond acceptors (Lipinski definition) is 6. The molecule has 5 rings (SSSR count). The van der Waals surface area contributed by atoms with Gasteiger partial charge >= 0.3 is 0 Å². The van der Waals surface area contributed by atoms with Gasteiger partial charge in [-0.1, -0.05) is 49.6 Å². The molecule has 1 aliphatic heterocycles. The van der Waals surface area contributed by atoms with Gasteiger partial charge in [0.25, 0.3) is 0 Å². The van der Waals surface area contributed by atoms with Crippen LogP contribution in [0.1, 0.15) is 50.0 Å². The normalized spacial score (nSPS) is 18.1. The Kier molecular flexibility index (Phi) is 7.60. The molecule has 1 aliphatic rings. The molecule has 2 amide bonds. The standard InChI is InChI=1S/C27H27ClN8O2/c1-17-5-4-8-22(27-29-15-23(33-27)20-6-2-3-7-21(20)31-26(38)13-17)32-25(37)12-9-18-14-19(28)10-11-24(18)36-16-30-34-35-36/h2-3,6-7,9-12,14-17,22H,4-5,8,13H2,1H3,(H,29,33)(H,31,38)(H,32,37)/b12-9+/t17-,22+/m1/s1. The van der Waals surface area contributed by atoms with Crippen molar-refractivity contribution in [1.29, 1.82) is 0 Å². The van der Waals surface area contributed by atoms with Crippen LogP contribution >= 0.6 is 11.6 Å². The van der Waals surface area contributed by atoms with E-state index in [-0.39, 0.29) is 23.8 Å². The second-order valence-electron chi connectivity index (χ2n) is 9.37. The summed E-state index contributed by atoms with van der Waals surface area (Å²) in [7, 11) is 0. The fraction of sp³-hybridized carbons (Fsp3) is 0.259. The predicted molar refractivity (Wildman–Crippen MR) is 144 cm³/mol. The highest BCUT2D eigenvalue weighted by Gasteiger charge is 2.21. The summed E-state index contributed by atoms with van der Waals surface area (Å²) in [6, 6.07) is 12.5. The van der Waals surface area contributed by atoms with Gasteiger partial charge in [0, 0.05) is 28.6 Å². The number of imidazole rings is 1. The SMILES string of the molecule is C[C@@H]1CCC[C@H](NC(=O)/C=C/c2cc(Cl)ccc2-n2cnnn2)c2ncc([nH]2)-c2ccccc2NC(=O)C1. The smallest absolute Gasteiger partial charge is 0.244 e. The van der Waals surface area contributed by atoms with Crippen molar-refractivity contribution in [2.75, 3.05) is 5.32 Å². The molecule has 4 aromatic rings. The largest absolute Gasteiger partial charge is 0.343 e. The summed E-state index contributed by atoms with van der Waals surface area (Å²) in [4.78, 5) is 33.6. The van der Waals surface area contributed by atoms with E-state index in [1.165, 1.54) is 17.1 Å². The monoisotopic (exact) mass is 530 g/mol. The zero-order chi connectivity index (χ0) is 26.5. The Labute approximate surface area is 224 Å². The van der Waals surface area contributed by atoms with Crippen LogP contribution in [0.5, 0.6) is 0 Å². The number of anilines is 1. The number of carbonyl (C=O) groups excluding carboxylic acids is 2. The Hall–Kier alpha value is -4.31. The number of amides is 2. The third kappa shape index (κ3) is 5.97. The van der Waals surface area contributed by atoms with Crippen LogP contribution in [-0.2, 0) is 9.59 Å². The van der Waals surface area contributed by atoms with Gasteiger partial charge in [0.2, 0.25) is 11.8 Å². The Morgan fingerprint density at radius 1 is 1.21 bits per heavy atom. The van der Waals surface area contributed by atoms with Gasteiger partial charge in [-0.2, -0.15) is 4.68 Å². The minimum absolute atomic E-state index is 0.0130. The van der Waals surface area contributed by atoms with Crippen LogP contribution in [0.4, 0.5) is 5.69 Å². The summed E-state index contributed by atoms with van der Waals surface area (Å²) in [6.07, 6.45) is 9.13. The van der Waals surface area contributed by atoms with Crippen LogP contribution in [-0.4, -0.2) is 42.0 Å². The summed E-state index contributed by atoms with van der Waals surface area (Å²) in [5.74, 6) is 0.580. The Bertz CT molecular complexity index is 1460. The van der Waals surface area contributed by atoms with Crippen molar-refractivity contribution >= 4 is 35.2 Å². The summed E-state index contributed by atoms with van der Waals surface area (Å²) >= 11 is 6.20. The van der Waals surface area contributed by atoms with E-state index < -0.39 is 0 Å². The first-order valence-corrected chi connectivity index (χ1v) is 12.8. The predicted octanol–water partition coefficient (Wildman–Crippen LogP) is 4.73. The van der Waals surface area contributed by atoms with Crippen molar-refractivity contribution in [1.82, 2.24) is 35.5 Å². The molecule has 3 N–H and O–H groups in total. The van der Waals surface area contributed by atoms with Gasteiger partial charge in [-0.15, -0.1) is 5.10 Å². The highest BCUT2D eigenvalue weighted by molar-refractivity contribution is 6.30. The van der Waals surface area contributed by atoms with Gasteiger partial charge in [0.1, 0.15) is 12.2 Å². The lowest BCUT2D eigenvalue weighted by atomic mass is 9.98. The molecule has 11 heteroatoms.